The van der Waals surface area contributed by atoms with Gasteiger partial charge in [0.1, 0.15) is 10.7 Å². The van der Waals surface area contributed by atoms with Crippen LogP contribution >= 0.6 is 11.3 Å². The summed E-state index contributed by atoms with van der Waals surface area (Å²) in [5, 5.41) is 3.12. The molecule has 1 N–H and O–H groups in total. The van der Waals surface area contributed by atoms with E-state index in [1.807, 2.05) is 18.2 Å². The summed E-state index contributed by atoms with van der Waals surface area (Å²) in [6, 6.07) is 10.2. The van der Waals surface area contributed by atoms with E-state index in [-0.39, 0.29) is 0 Å². The third-order valence-corrected chi connectivity index (χ3v) is 3.89. The van der Waals surface area contributed by atoms with Gasteiger partial charge >= 0.3 is 0 Å². The number of thiazole rings is 1. The minimum absolute atomic E-state index is 0.452. The predicted octanol–water partition coefficient (Wildman–Crippen LogP) is 4.32. The van der Waals surface area contributed by atoms with Crippen molar-refractivity contribution < 1.29 is 0 Å². The summed E-state index contributed by atoms with van der Waals surface area (Å²) >= 11 is 1.66. The van der Waals surface area contributed by atoms with Gasteiger partial charge in [-0.15, -0.1) is 11.3 Å². The lowest BCUT2D eigenvalue weighted by molar-refractivity contribution is 0.834. The van der Waals surface area contributed by atoms with E-state index in [2.05, 4.69) is 46.3 Å². The lowest BCUT2D eigenvalue weighted by Crippen LogP contribution is -1.88. The highest BCUT2D eigenvalue weighted by Gasteiger charge is 2.14. The van der Waals surface area contributed by atoms with Crippen molar-refractivity contribution in [1.29, 1.82) is 0 Å². The van der Waals surface area contributed by atoms with Crippen LogP contribution in [0.25, 0.3) is 22.0 Å². The molecule has 96 valence electrons. The van der Waals surface area contributed by atoms with Gasteiger partial charge in [0.15, 0.2) is 0 Å². The Hall–Kier alpha value is -1.94. The van der Waals surface area contributed by atoms with Crippen LogP contribution in [0.4, 0.5) is 0 Å². The van der Waals surface area contributed by atoms with Gasteiger partial charge in [0.2, 0.25) is 0 Å². The highest BCUT2D eigenvalue weighted by Crippen LogP contribution is 2.32. The van der Waals surface area contributed by atoms with Crippen molar-refractivity contribution in [2.45, 2.75) is 19.8 Å². The Balaban J connectivity index is 2.04. The van der Waals surface area contributed by atoms with Crippen LogP contribution in [0.15, 0.2) is 42.0 Å². The molecular weight excluding hydrogens is 254 g/mol. The number of imidazole rings is 1. The molecule has 0 fully saturated rings. The number of nitrogens with zero attached hydrogens (tertiary/aromatic N) is 2. The zero-order valence-electron chi connectivity index (χ0n) is 10.9. The largest absolute Gasteiger partial charge is 0.342 e. The lowest BCUT2D eigenvalue weighted by Gasteiger charge is -2.00. The summed E-state index contributed by atoms with van der Waals surface area (Å²) in [5.41, 5.74) is 4.21. The maximum absolute atomic E-state index is 4.69. The Bertz CT molecular complexity index is 668. The topological polar surface area (TPSA) is 41.6 Å². The van der Waals surface area contributed by atoms with E-state index in [0.717, 1.165) is 27.7 Å². The Morgan fingerprint density at radius 2 is 1.95 bits per heavy atom. The zero-order valence-corrected chi connectivity index (χ0v) is 11.7. The lowest BCUT2D eigenvalue weighted by atomic mass is 10.1. The smallest absolute Gasteiger partial charge is 0.142 e. The molecule has 0 saturated carbocycles. The first-order valence-electron chi connectivity index (χ1n) is 6.30. The van der Waals surface area contributed by atoms with Crippen LogP contribution in [0.2, 0.25) is 0 Å². The highest BCUT2D eigenvalue weighted by molar-refractivity contribution is 7.13. The molecule has 2 heterocycles. The van der Waals surface area contributed by atoms with Crippen molar-refractivity contribution in [2.75, 3.05) is 0 Å². The fraction of sp³-hybridized carbons (Fsp3) is 0.200. The van der Waals surface area contributed by atoms with Gasteiger partial charge in [0.25, 0.3) is 0 Å². The van der Waals surface area contributed by atoms with Gasteiger partial charge < -0.3 is 4.98 Å². The maximum atomic E-state index is 4.69. The first-order valence-corrected chi connectivity index (χ1v) is 7.18. The van der Waals surface area contributed by atoms with Crippen molar-refractivity contribution in [3.05, 3.63) is 47.7 Å². The van der Waals surface area contributed by atoms with Crippen molar-refractivity contribution in [1.82, 2.24) is 15.0 Å². The van der Waals surface area contributed by atoms with Crippen molar-refractivity contribution in [3.63, 3.8) is 0 Å². The molecule has 2 aromatic heterocycles. The van der Waals surface area contributed by atoms with E-state index >= 15 is 0 Å². The van der Waals surface area contributed by atoms with Gasteiger partial charge in [-0.05, 0) is 5.92 Å². The summed E-state index contributed by atoms with van der Waals surface area (Å²) < 4.78 is 0. The average Bonchev–Trinajstić information content (AvgIpc) is 3.08. The molecule has 0 amide bonds. The van der Waals surface area contributed by atoms with Gasteiger partial charge in [-0.3, -0.25) is 0 Å². The molecule has 0 aliphatic heterocycles. The highest BCUT2D eigenvalue weighted by atomic mass is 32.1. The SMILES string of the molecule is CC(C)c1csc(-c2[nH]cnc2-c2ccccc2)n1. The van der Waals surface area contributed by atoms with E-state index in [1.54, 1.807) is 17.7 Å². The molecule has 1 aromatic carbocycles. The van der Waals surface area contributed by atoms with Gasteiger partial charge in [-0.1, -0.05) is 44.2 Å². The molecule has 3 nitrogen and oxygen atoms in total. The third kappa shape index (κ3) is 2.31. The van der Waals surface area contributed by atoms with Crippen LogP contribution in [0.3, 0.4) is 0 Å². The molecule has 3 aromatic rings. The number of benzene rings is 1. The Labute approximate surface area is 116 Å². The number of aromatic nitrogens is 3. The van der Waals surface area contributed by atoms with Crippen LogP contribution in [-0.4, -0.2) is 15.0 Å². The summed E-state index contributed by atoms with van der Waals surface area (Å²) in [6.07, 6.45) is 1.73. The van der Waals surface area contributed by atoms with Crippen LogP contribution < -0.4 is 0 Å². The first-order chi connectivity index (χ1) is 9.25. The molecule has 0 atom stereocenters. The van der Waals surface area contributed by atoms with Gasteiger partial charge in [-0.2, -0.15) is 0 Å². The van der Waals surface area contributed by atoms with Crippen LogP contribution in [0.5, 0.6) is 0 Å². The summed E-state index contributed by atoms with van der Waals surface area (Å²) in [5.74, 6) is 0.452. The second-order valence-corrected chi connectivity index (χ2v) is 5.58. The predicted molar refractivity (Wildman–Crippen MR) is 79.2 cm³/mol. The van der Waals surface area contributed by atoms with E-state index in [1.165, 1.54) is 0 Å². The molecule has 0 radical (unpaired) electrons. The summed E-state index contributed by atoms with van der Waals surface area (Å²) in [6.45, 7) is 4.31. The minimum atomic E-state index is 0.452. The molecule has 0 aliphatic rings. The Morgan fingerprint density at radius 3 is 2.63 bits per heavy atom. The fourth-order valence-electron chi connectivity index (χ4n) is 1.94. The zero-order chi connectivity index (χ0) is 13.2. The summed E-state index contributed by atoms with van der Waals surface area (Å²) in [4.78, 5) is 12.3. The van der Waals surface area contributed by atoms with Crippen molar-refractivity contribution in [2.24, 2.45) is 0 Å². The Kier molecular flexibility index (Phi) is 3.17. The first kappa shape index (κ1) is 12.1. The number of hydrogen-bond acceptors (Lipinski definition) is 3. The molecular formula is C15H15N3S. The standard InChI is InChI=1S/C15H15N3S/c1-10(2)12-8-19-15(18-12)14-13(16-9-17-14)11-6-4-3-5-7-11/h3-10H,1-2H3,(H,16,17). The van der Waals surface area contributed by atoms with Crippen LogP contribution in [-0.2, 0) is 0 Å². The number of H-pyrrole nitrogens is 1. The number of hydrogen-bond donors (Lipinski definition) is 1. The van der Waals surface area contributed by atoms with E-state index in [0.29, 0.717) is 5.92 Å². The molecule has 19 heavy (non-hydrogen) atoms. The van der Waals surface area contributed by atoms with Crippen LogP contribution in [0, 0.1) is 0 Å². The van der Waals surface area contributed by atoms with Crippen molar-refractivity contribution >= 4 is 11.3 Å². The number of aromatic amines is 1. The monoisotopic (exact) mass is 269 g/mol. The van der Waals surface area contributed by atoms with Gasteiger partial charge in [0.05, 0.1) is 17.7 Å². The van der Waals surface area contributed by atoms with Gasteiger partial charge in [-0.25, -0.2) is 9.97 Å². The fourth-order valence-corrected chi connectivity index (χ4v) is 2.93. The molecule has 0 unspecified atom stereocenters. The quantitative estimate of drug-likeness (QED) is 0.769. The van der Waals surface area contributed by atoms with Crippen molar-refractivity contribution in [3.8, 4) is 22.0 Å². The Morgan fingerprint density at radius 1 is 1.16 bits per heavy atom. The molecule has 0 aliphatic carbocycles. The molecule has 0 saturated heterocycles. The van der Waals surface area contributed by atoms with E-state index < -0.39 is 0 Å². The minimum Gasteiger partial charge on any atom is -0.342 e. The van der Waals surface area contributed by atoms with E-state index in [4.69, 9.17) is 0 Å². The summed E-state index contributed by atoms with van der Waals surface area (Å²) in [7, 11) is 0. The van der Waals surface area contributed by atoms with E-state index in [9.17, 15) is 0 Å². The molecule has 0 bridgehead atoms. The normalized spacial score (nSPS) is 11.1. The third-order valence-electron chi connectivity index (χ3n) is 3.01. The number of nitrogens with one attached hydrogen (secondary N) is 1. The molecule has 0 spiro atoms. The van der Waals surface area contributed by atoms with Gasteiger partial charge in [0, 0.05) is 10.9 Å². The molecule has 4 heteroatoms. The second kappa shape index (κ2) is 4.97. The molecule has 3 rings (SSSR count). The maximum Gasteiger partial charge on any atom is 0.142 e. The number of rotatable bonds is 3. The second-order valence-electron chi connectivity index (χ2n) is 4.72. The average molecular weight is 269 g/mol. The van der Waals surface area contributed by atoms with Crippen LogP contribution in [0.1, 0.15) is 25.5 Å².